The van der Waals surface area contributed by atoms with Crippen molar-refractivity contribution in [2.45, 2.75) is 19.2 Å². The Morgan fingerprint density at radius 1 is 1.35 bits per heavy atom. The van der Waals surface area contributed by atoms with Gasteiger partial charge in [-0.2, -0.15) is 16.9 Å². The predicted molar refractivity (Wildman–Crippen MR) is 94.8 cm³/mol. The first kappa shape index (κ1) is 15.6. The molecular formula is C17H18N4OS. The van der Waals surface area contributed by atoms with Crippen LogP contribution in [0.2, 0.25) is 0 Å². The van der Waals surface area contributed by atoms with Gasteiger partial charge in [-0.1, -0.05) is 6.07 Å². The number of carbonyl (C=O) groups is 1. The van der Waals surface area contributed by atoms with Gasteiger partial charge in [0.2, 0.25) is 0 Å². The number of nitrogens with zero attached hydrogens (tertiary/aromatic N) is 3. The van der Waals surface area contributed by atoms with Crippen molar-refractivity contribution in [3.05, 3.63) is 54.0 Å². The molecular weight excluding hydrogens is 308 g/mol. The molecule has 0 atom stereocenters. The fourth-order valence-electron chi connectivity index (χ4n) is 2.51. The number of aromatic nitrogens is 3. The second kappa shape index (κ2) is 6.83. The first-order chi connectivity index (χ1) is 11.2. The Balaban J connectivity index is 1.88. The number of amides is 1. The summed E-state index contributed by atoms with van der Waals surface area (Å²) in [6.07, 6.45) is 5.49. The molecule has 0 fully saturated rings. The topological polar surface area (TPSA) is 59.8 Å². The second-order valence-corrected chi connectivity index (χ2v) is 6.00. The Morgan fingerprint density at radius 2 is 2.22 bits per heavy atom. The number of anilines is 1. The third-order valence-electron chi connectivity index (χ3n) is 3.61. The smallest absolute Gasteiger partial charge is 0.274 e. The highest BCUT2D eigenvalue weighted by atomic mass is 32.2. The van der Waals surface area contributed by atoms with Crippen molar-refractivity contribution >= 4 is 34.3 Å². The fourth-order valence-corrected chi connectivity index (χ4v) is 3.05. The highest BCUT2D eigenvalue weighted by molar-refractivity contribution is 7.97. The molecule has 118 valence electrons. The minimum atomic E-state index is -0.184. The Morgan fingerprint density at radius 3 is 3.00 bits per heavy atom. The maximum Gasteiger partial charge on any atom is 0.274 e. The molecule has 0 spiro atoms. The summed E-state index contributed by atoms with van der Waals surface area (Å²) < 4.78 is 1.91. The average Bonchev–Trinajstić information content (AvgIpc) is 2.98. The summed E-state index contributed by atoms with van der Waals surface area (Å²) in [6.45, 7) is 2.83. The predicted octanol–water partition coefficient (Wildman–Crippen LogP) is 3.57. The lowest BCUT2D eigenvalue weighted by atomic mass is 10.2. The maximum absolute atomic E-state index is 12.5. The van der Waals surface area contributed by atoms with Gasteiger partial charge in [-0.15, -0.1) is 0 Å². The summed E-state index contributed by atoms with van der Waals surface area (Å²) >= 11 is 1.67. The molecule has 1 N–H and O–H groups in total. The lowest BCUT2D eigenvalue weighted by Gasteiger charge is -2.09. The summed E-state index contributed by atoms with van der Waals surface area (Å²) in [5.41, 5.74) is 3.18. The van der Waals surface area contributed by atoms with E-state index >= 15 is 0 Å². The largest absolute Gasteiger partial charge is 0.321 e. The number of aryl methyl sites for hydroxylation is 1. The van der Waals surface area contributed by atoms with Gasteiger partial charge in [0, 0.05) is 29.6 Å². The van der Waals surface area contributed by atoms with Gasteiger partial charge in [0.25, 0.3) is 5.91 Å². The van der Waals surface area contributed by atoms with Gasteiger partial charge in [0.1, 0.15) is 5.69 Å². The van der Waals surface area contributed by atoms with E-state index in [9.17, 15) is 4.79 Å². The number of rotatable bonds is 5. The van der Waals surface area contributed by atoms with E-state index in [1.54, 1.807) is 18.0 Å². The van der Waals surface area contributed by atoms with Crippen LogP contribution < -0.4 is 5.32 Å². The van der Waals surface area contributed by atoms with E-state index in [1.165, 1.54) is 0 Å². The molecule has 2 aromatic heterocycles. The zero-order valence-electron chi connectivity index (χ0n) is 13.1. The minimum absolute atomic E-state index is 0.184. The van der Waals surface area contributed by atoms with Crippen molar-refractivity contribution < 1.29 is 4.79 Å². The molecule has 5 nitrogen and oxygen atoms in total. The van der Waals surface area contributed by atoms with Gasteiger partial charge < -0.3 is 5.32 Å². The van der Waals surface area contributed by atoms with Crippen molar-refractivity contribution in [1.82, 2.24) is 14.8 Å². The number of benzene rings is 1. The Labute approximate surface area is 139 Å². The lowest BCUT2D eigenvalue weighted by molar-refractivity contribution is 0.102. The number of hydrogen-bond donors (Lipinski definition) is 1. The molecule has 2 heterocycles. The molecule has 0 bridgehead atoms. The van der Waals surface area contributed by atoms with Crippen LogP contribution in [-0.4, -0.2) is 26.9 Å². The molecule has 6 heteroatoms. The summed E-state index contributed by atoms with van der Waals surface area (Å²) in [6, 6.07) is 9.59. The number of hydrogen-bond acceptors (Lipinski definition) is 4. The molecule has 0 saturated carbocycles. The van der Waals surface area contributed by atoms with Crippen LogP contribution in [0, 0.1) is 0 Å². The van der Waals surface area contributed by atoms with Gasteiger partial charge in [-0.25, -0.2) is 0 Å². The van der Waals surface area contributed by atoms with Crippen molar-refractivity contribution in [3.63, 3.8) is 0 Å². The Hall–Kier alpha value is -2.34. The summed E-state index contributed by atoms with van der Waals surface area (Å²) in [7, 11) is 0. The van der Waals surface area contributed by atoms with Crippen LogP contribution in [-0.2, 0) is 12.3 Å². The van der Waals surface area contributed by atoms with Crippen LogP contribution in [0.4, 0.5) is 5.69 Å². The van der Waals surface area contributed by atoms with E-state index in [0.29, 0.717) is 5.69 Å². The number of thioether (sulfide) groups is 1. The number of carbonyl (C=O) groups excluding carboxylic acids is 1. The number of pyridine rings is 1. The van der Waals surface area contributed by atoms with Gasteiger partial charge in [-0.05, 0) is 43.0 Å². The van der Waals surface area contributed by atoms with Crippen molar-refractivity contribution in [2.75, 3.05) is 11.6 Å². The first-order valence-electron chi connectivity index (χ1n) is 7.42. The van der Waals surface area contributed by atoms with Crippen LogP contribution in [0.25, 0.3) is 10.9 Å². The van der Waals surface area contributed by atoms with E-state index in [2.05, 4.69) is 15.4 Å². The summed E-state index contributed by atoms with van der Waals surface area (Å²) in [4.78, 5) is 16.8. The molecule has 3 rings (SSSR count). The first-order valence-corrected chi connectivity index (χ1v) is 8.82. The SMILES string of the molecule is CCn1ncc2ccc(NC(=O)c3ncccc3CSC)cc21. The molecule has 0 unspecified atom stereocenters. The third-order valence-corrected chi connectivity index (χ3v) is 4.21. The van der Waals surface area contributed by atoms with Gasteiger partial charge in [-0.3, -0.25) is 14.5 Å². The maximum atomic E-state index is 12.5. The Bertz CT molecular complexity index is 843. The number of nitrogens with one attached hydrogen (secondary N) is 1. The van der Waals surface area contributed by atoms with Crippen molar-refractivity contribution in [2.24, 2.45) is 0 Å². The number of fused-ring (bicyclic) bond motifs is 1. The Kier molecular flexibility index (Phi) is 4.62. The van der Waals surface area contributed by atoms with Gasteiger partial charge in [0.05, 0.1) is 11.7 Å². The van der Waals surface area contributed by atoms with E-state index in [0.717, 1.165) is 34.5 Å². The van der Waals surface area contributed by atoms with Crippen LogP contribution >= 0.6 is 11.8 Å². The molecule has 1 aromatic carbocycles. The van der Waals surface area contributed by atoms with Gasteiger partial charge in [0.15, 0.2) is 0 Å². The molecule has 23 heavy (non-hydrogen) atoms. The molecule has 0 aliphatic heterocycles. The zero-order chi connectivity index (χ0) is 16.2. The molecule has 0 radical (unpaired) electrons. The quantitative estimate of drug-likeness (QED) is 0.779. The molecule has 0 saturated heterocycles. The van der Waals surface area contributed by atoms with Crippen LogP contribution in [0.5, 0.6) is 0 Å². The van der Waals surface area contributed by atoms with Gasteiger partial charge >= 0.3 is 0 Å². The van der Waals surface area contributed by atoms with E-state index in [-0.39, 0.29) is 5.91 Å². The standard InChI is InChI=1S/C17H18N4OS/c1-3-21-15-9-14(7-6-12(15)10-19-21)20-17(22)16-13(11-23-2)5-4-8-18-16/h4-10H,3,11H2,1-2H3,(H,20,22). The van der Waals surface area contributed by atoms with Crippen LogP contribution in [0.1, 0.15) is 23.0 Å². The summed E-state index contributed by atoms with van der Waals surface area (Å²) in [5.74, 6) is 0.578. The minimum Gasteiger partial charge on any atom is -0.321 e. The molecule has 1 amide bonds. The van der Waals surface area contributed by atoms with Crippen molar-refractivity contribution in [1.29, 1.82) is 0 Å². The second-order valence-electron chi connectivity index (χ2n) is 5.13. The summed E-state index contributed by atoms with van der Waals surface area (Å²) in [5, 5.41) is 8.32. The normalized spacial score (nSPS) is 10.9. The lowest BCUT2D eigenvalue weighted by Crippen LogP contribution is -2.16. The van der Waals surface area contributed by atoms with E-state index < -0.39 is 0 Å². The highest BCUT2D eigenvalue weighted by Crippen LogP contribution is 2.20. The average molecular weight is 326 g/mol. The molecule has 0 aliphatic rings. The van der Waals surface area contributed by atoms with Crippen molar-refractivity contribution in [3.8, 4) is 0 Å². The third kappa shape index (κ3) is 3.22. The zero-order valence-corrected chi connectivity index (χ0v) is 13.9. The van der Waals surface area contributed by atoms with Crippen LogP contribution in [0.15, 0.2) is 42.7 Å². The van der Waals surface area contributed by atoms with E-state index in [4.69, 9.17) is 0 Å². The molecule has 0 aliphatic carbocycles. The highest BCUT2D eigenvalue weighted by Gasteiger charge is 2.13. The fraction of sp³-hybridized carbons (Fsp3) is 0.235. The monoisotopic (exact) mass is 326 g/mol. The van der Waals surface area contributed by atoms with Crippen LogP contribution in [0.3, 0.4) is 0 Å². The molecule has 3 aromatic rings. The van der Waals surface area contributed by atoms with E-state index in [1.807, 2.05) is 54.4 Å².